The third kappa shape index (κ3) is 3.52. The van der Waals surface area contributed by atoms with Gasteiger partial charge in [0.05, 0.1) is 5.75 Å². The second kappa shape index (κ2) is 6.38. The molecule has 0 saturated carbocycles. The lowest BCUT2D eigenvalue weighted by atomic mass is 9.90. The molecule has 1 aromatic carbocycles. The van der Waals surface area contributed by atoms with E-state index < -0.39 is 33.3 Å². The first kappa shape index (κ1) is 17.8. The largest absolute Gasteiger partial charge is 0.322 e. The maximum absolute atomic E-state index is 13.9. The van der Waals surface area contributed by atoms with Crippen molar-refractivity contribution in [1.82, 2.24) is 14.9 Å². The number of benzene rings is 1. The van der Waals surface area contributed by atoms with Crippen LogP contribution in [0, 0.1) is 5.82 Å². The van der Waals surface area contributed by atoms with Crippen LogP contribution in [0.4, 0.5) is 9.18 Å². The number of nitrogens with zero attached hydrogens (tertiary/aromatic N) is 1. The number of hydrogen-bond donors (Lipinski definition) is 2. The van der Waals surface area contributed by atoms with Crippen molar-refractivity contribution in [1.29, 1.82) is 0 Å². The quantitative estimate of drug-likeness (QED) is 0.772. The fourth-order valence-corrected chi connectivity index (χ4v) is 5.27. The number of carbonyl (C=O) groups excluding carboxylic acids is 2. The molecule has 136 valence electrons. The van der Waals surface area contributed by atoms with E-state index in [9.17, 15) is 22.4 Å². The van der Waals surface area contributed by atoms with Crippen LogP contribution in [0.15, 0.2) is 24.3 Å². The van der Waals surface area contributed by atoms with Crippen LogP contribution in [-0.4, -0.2) is 49.0 Å². The number of piperidine rings is 1. The lowest BCUT2D eigenvalue weighted by molar-refractivity contribution is -0.122. The summed E-state index contributed by atoms with van der Waals surface area (Å²) in [6, 6.07) is 5.83. The number of hydrogen-bond acceptors (Lipinski definition) is 4. The van der Waals surface area contributed by atoms with Gasteiger partial charge in [0.1, 0.15) is 11.4 Å². The normalized spacial score (nSPS) is 25.7. The minimum Gasteiger partial charge on any atom is -0.322 e. The minimum atomic E-state index is -3.73. The van der Waals surface area contributed by atoms with E-state index in [1.165, 1.54) is 17.3 Å². The van der Waals surface area contributed by atoms with Crippen LogP contribution in [-0.2, 0) is 14.8 Å². The molecule has 3 amide bonds. The molecule has 9 heteroatoms. The van der Waals surface area contributed by atoms with Gasteiger partial charge in [-0.3, -0.25) is 10.1 Å². The number of carbonyl (C=O) groups is 2. The van der Waals surface area contributed by atoms with Gasteiger partial charge in [-0.1, -0.05) is 18.2 Å². The van der Waals surface area contributed by atoms with Crippen LogP contribution in [0.25, 0.3) is 0 Å². The van der Waals surface area contributed by atoms with Crippen molar-refractivity contribution in [3.8, 4) is 0 Å². The Hall–Kier alpha value is -2.00. The number of imide groups is 1. The molecule has 0 aromatic heterocycles. The summed E-state index contributed by atoms with van der Waals surface area (Å²) in [5.41, 5.74) is -0.868. The predicted molar refractivity (Wildman–Crippen MR) is 88.8 cm³/mol. The van der Waals surface area contributed by atoms with Crippen LogP contribution in [0.3, 0.4) is 0 Å². The summed E-state index contributed by atoms with van der Waals surface area (Å²) in [6.45, 7) is 1.90. The standard InChI is InChI=1S/C16H20FN3O4S/c1-16(14(21)18-15(22)19-16)10-25(23,24)20-8-6-11(7-9-20)12-4-2-3-5-13(12)17/h2-5,11H,6-10H2,1H3,(H2,18,19,21,22). The molecule has 25 heavy (non-hydrogen) atoms. The Labute approximate surface area is 145 Å². The topological polar surface area (TPSA) is 95.6 Å². The van der Waals surface area contributed by atoms with Crippen molar-refractivity contribution in [2.45, 2.75) is 31.2 Å². The second-order valence-electron chi connectivity index (χ2n) is 6.69. The molecule has 2 aliphatic heterocycles. The molecule has 3 rings (SSSR count). The van der Waals surface area contributed by atoms with Gasteiger partial charge in [-0.15, -0.1) is 0 Å². The van der Waals surface area contributed by atoms with E-state index in [0.29, 0.717) is 18.4 Å². The van der Waals surface area contributed by atoms with Crippen LogP contribution >= 0.6 is 0 Å². The zero-order valence-corrected chi connectivity index (χ0v) is 14.6. The molecular weight excluding hydrogens is 349 g/mol. The first-order chi connectivity index (χ1) is 11.7. The van der Waals surface area contributed by atoms with Crippen LogP contribution in [0.5, 0.6) is 0 Å². The van der Waals surface area contributed by atoms with Crippen molar-refractivity contribution in [3.63, 3.8) is 0 Å². The van der Waals surface area contributed by atoms with Crippen LogP contribution in [0.2, 0.25) is 0 Å². The highest BCUT2D eigenvalue weighted by atomic mass is 32.2. The summed E-state index contributed by atoms with van der Waals surface area (Å²) in [5, 5.41) is 4.42. The van der Waals surface area contributed by atoms with Crippen LogP contribution < -0.4 is 10.6 Å². The highest BCUT2D eigenvalue weighted by Gasteiger charge is 2.46. The van der Waals surface area contributed by atoms with Crippen molar-refractivity contribution >= 4 is 22.0 Å². The molecule has 2 heterocycles. The van der Waals surface area contributed by atoms with E-state index in [1.807, 2.05) is 0 Å². The summed E-state index contributed by atoms with van der Waals surface area (Å²) in [6.07, 6.45) is 1.02. The Bertz CT molecular complexity index is 805. The van der Waals surface area contributed by atoms with Gasteiger partial charge < -0.3 is 5.32 Å². The van der Waals surface area contributed by atoms with Gasteiger partial charge in [0, 0.05) is 13.1 Å². The van der Waals surface area contributed by atoms with Crippen molar-refractivity contribution in [3.05, 3.63) is 35.6 Å². The monoisotopic (exact) mass is 369 g/mol. The van der Waals surface area contributed by atoms with E-state index in [1.54, 1.807) is 18.2 Å². The van der Waals surface area contributed by atoms with Crippen molar-refractivity contribution < 1.29 is 22.4 Å². The van der Waals surface area contributed by atoms with Gasteiger partial charge in [-0.2, -0.15) is 0 Å². The summed E-state index contributed by atoms with van der Waals surface area (Å²) in [5.74, 6) is -1.45. The molecule has 2 aliphatic rings. The minimum absolute atomic E-state index is 0.0299. The fraction of sp³-hybridized carbons (Fsp3) is 0.500. The maximum atomic E-state index is 13.9. The highest BCUT2D eigenvalue weighted by molar-refractivity contribution is 7.89. The lowest BCUT2D eigenvalue weighted by Gasteiger charge is -2.33. The second-order valence-corrected chi connectivity index (χ2v) is 8.66. The van der Waals surface area contributed by atoms with Gasteiger partial charge in [-0.05, 0) is 37.3 Å². The maximum Gasteiger partial charge on any atom is 0.322 e. The average molecular weight is 369 g/mol. The lowest BCUT2D eigenvalue weighted by Crippen LogP contribution is -2.53. The molecule has 0 bridgehead atoms. The van der Waals surface area contributed by atoms with Gasteiger partial charge >= 0.3 is 6.03 Å². The Morgan fingerprint density at radius 2 is 1.88 bits per heavy atom. The molecule has 0 aliphatic carbocycles. The molecular formula is C16H20FN3O4S. The number of nitrogens with one attached hydrogen (secondary N) is 2. The van der Waals surface area contributed by atoms with Gasteiger partial charge in [-0.25, -0.2) is 21.9 Å². The zero-order chi connectivity index (χ0) is 18.2. The predicted octanol–water partition coefficient (Wildman–Crippen LogP) is 0.933. The van der Waals surface area contributed by atoms with E-state index in [2.05, 4.69) is 10.6 Å². The Morgan fingerprint density at radius 3 is 2.44 bits per heavy atom. The molecule has 2 N–H and O–H groups in total. The number of rotatable bonds is 4. The molecule has 0 radical (unpaired) electrons. The molecule has 0 spiro atoms. The first-order valence-electron chi connectivity index (χ1n) is 8.07. The fourth-order valence-electron chi connectivity index (χ4n) is 3.39. The number of sulfonamides is 1. The SMILES string of the molecule is CC1(CS(=O)(=O)N2CCC(c3ccccc3F)CC2)NC(=O)NC1=O. The molecule has 2 saturated heterocycles. The molecule has 2 fully saturated rings. The summed E-state index contributed by atoms with van der Waals surface area (Å²) >= 11 is 0. The van der Waals surface area contributed by atoms with E-state index >= 15 is 0 Å². The van der Waals surface area contributed by atoms with Gasteiger partial charge in [0.25, 0.3) is 5.91 Å². The third-order valence-corrected chi connectivity index (χ3v) is 6.88. The summed E-state index contributed by atoms with van der Waals surface area (Å²) < 4.78 is 40.5. The summed E-state index contributed by atoms with van der Waals surface area (Å²) in [4.78, 5) is 23.1. The number of amides is 3. The third-order valence-electron chi connectivity index (χ3n) is 4.78. The van der Waals surface area contributed by atoms with E-state index in [-0.39, 0.29) is 24.8 Å². The van der Waals surface area contributed by atoms with Crippen LogP contribution in [0.1, 0.15) is 31.2 Å². The van der Waals surface area contributed by atoms with Crippen molar-refractivity contribution in [2.24, 2.45) is 0 Å². The molecule has 1 atom stereocenters. The Balaban J connectivity index is 1.67. The number of urea groups is 1. The summed E-state index contributed by atoms with van der Waals surface area (Å²) in [7, 11) is -3.73. The Morgan fingerprint density at radius 1 is 1.24 bits per heavy atom. The average Bonchev–Trinajstić information content (AvgIpc) is 2.79. The zero-order valence-electron chi connectivity index (χ0n) is 13.8. The molecule has 1 aromatic rings. The first-order valence-corrected chi connectivity index (χ1v) is 9.68. The smallest absolute Gasteiger partial charge is 0.322 e. The van der Waals surface area contributed by atoms with E-state index in [0.717, 1.165) is 0 Å². The molecule has 7 nitrogen and oxygen atoms in total. The molecule has 1 unspecified atom stereocenters. The Kier molecular flexibility index (Phi) is 4.54. The van der Waals surface area contributed by atoms with E-state index in [4.69, 9.17) is 0 Å². The van der Waals surface area contributed by atoms with Crippen molar-refractivity contribution in [2.75, 3.05) is 18.8 Å². The van der Waals surface area contributed by atoms with Gasteiger partial charge in [0.2, 0.25) is 10.0 Å². The highest BCUT2D eigenvalue weighted by Crippen LogP contribution is 2.31. The van der Waals surface area contributed by atoms with Gasteiger partial charge in [0.15, 0.2) is 0 Å². The number of halogens is 1.